The monoisotopic (exact) mass is 338 g/mol. The fourth-order valence-electron chi connectivity index (χ4n) is 2.57. The van der Waals surface area contributed by atoms with Crippen LogP contribution in [0.5, 0.6) is 0 Å². The molecule has 2 rings (SSSR count). The number of carbonyl (C=O) groups is 1. The summed E-state index contributed by atoms with van der Waals surface area (Å²) in [6.07, 6.45) is 1.26. The van der Waals surface area contributed by atoms with Crippen LogP contribution >= 0.6 is 11.3 Å². The van der Waals surface area contributed by atoms with Crippen molar-refractivity contribution in [1.82, 2.24) is 0 Å². The molecule has 1 saturated heterocycles. The van der Waals surface area contributed by atoms with E-state index in [0.29, 0.717) is 6.61 Å². The third-order valence-corrected chi connectivity index (χ3v) is 6.05. The van der Waals surface area contributed by atoms with Gasteiger partial charge in [0.2, 0.25) is 0 Å². The molecule has 1 aromatic heterocycles. The van der Waals surface area contributed by atoms with Gasteiger partial charge in [0.05, 0.1) is 24.2 Å². The van der Waals surface area contributed by atoms with Crippen LogP contribution in [0.1, 0.15) is 63.5 Å². The van der Waals surface area contributed by atoms with Crippen LogP contribution in [0.4, 0.5) is 0 Å². The zero-order chi connectivity index (χ0) is 17.3. The van der Waals surface area contributed by atoms with Crippen LogP contribution in [0.2, 0.25) is 0 Å². The van der Waals surface area contributed by atoms with Gasteiger partial charge in [-0.3, -0.25) is 4.79 Å². The molecule has 0 aromatic carbocycles. The fraction of sp³-hybridized carbons (Fsp3) is 0.706. The van der Waals surface area contributed by atoms with Crippen molar-refractivity contribution < 1.29 is 18.8 Å². The minimum atomic E-state index is -0.437. The summed E-state index contributed by atoms with van der Waals surface area (Å²) >= 11 is 1.72. The van der Waals surface area contributed by atoms with Crippen molar-refractivity contribution in [3.05, 3.63) is 21.9 Å². The molecule has 0 amide bonds. The lowest BCUT2D eigenvalue weighted by molar-refractivity contribution is -0.143. The molecular weight excluding hydrogens is 311 g/mol. The van der Waals surface area contributed by atoms with Crippen LogP contribution in [0.25, 0.3) is 0 Å². The van der Waals surface area contributed by atoms with E-state index in [4.69, 9.17) is 14.0 Å². The van der Waals surface area contributed by atoms with Gasteiger partial charge in [0, 0.05) is 15.6 Å². The molecule has 1 unspecified atom stereocenters. The molecule has 0 radical (unpaired) electrons. The normalized spacial score (nSPS) is 20.5. The Morgan fingerprint density at radius 1 is 1.22 bits per heavy atom. The van der Waals surface area contributed by atoms with E-state index in [-0.39, 0.29) is 18.2 Å². The predicted octanol–water partition coefficient (Wildman–Crippen LogP) is 3.98. The third kappa shape index (κ3) is 3.98. The Kier molecular flexibility index (Phi) is 5.59. The largest absolute Gasteiger partial charge is 0.467 e. The lowest BCUT2D eigenvalue weighted by atomic mass is 9.69. The van der Waals surface area contributed by atoms with Crippen LogP contribution < -0.4 is 0 Å². The van der Waals surface area contributed by atoms with Crippen molar-refractivity contribution in [2.75, 3.05) is 6.61 Å². The van der Waals surface area contributed by atoms with Crippen LogP contribution in [0.15, 0.2) is 12.1 Å². The SMILES string of the molecule is CCOC(=O)CC(B1OC(C)(C)C(C)(C)O1)c1ccc(CC)s1. The Balaban J connectivity index is 2.25. The quantitative estimate of drug-likeness (QED) is 0.581. The minimum Gasteiger partial charge on any atom is -0.466 e. The molecule has 1 atom stereocenters. The highest BCUT2D eigenvalue weighted by Crippen LogP contribution is 2.43. The molecule has 0 bridgehead atoms. The first-order valence-corrected chi connectivity index (χ1v) is 9.11. The smallest absolute Gasteiger partial charge is 0.466 e. The maximum Gasteiger partial charge on any atom is 0.467 e. The predicted molar refractivity (Wildman–Crippen MR) is 93.8 cm³/mol. The first-order chi connectivity index (χ1) is 10.7. The Labute approximate surface area is 143 Å². The van der Waals surface area contributed by atoms with E-state index < -0.39 is 18.3 Å². The van der Waals surface area contributed by atoms with Crippen molar-refractivity contribution >= 4 is 24.4 Å². The molecule has 23 heavy (non-hydrogen) atoms. The first kappa shape index (κ1) is 18.5. The summed E-state index contributed by atoms with van der Waals surface area (Å²) in [4.78, 5) is 14.5. The second-order valence-electron chi connectivity index (χ2n) is 6.90. The maximum absolute atomic E-state index is 12.1. The highest BCUT2D eigenvalue weighted by molar-refractivity contribution is 7.12. The Bertz CT molecular complexity index is 537. The molecule has 0 spiro atoms. The zero-order valence-corrected chi connectivity index (χ0v) is 15.8. The standard InChI is InChI=1S/C17H27BO4S/c1-7-12-9-10-14(23-12)13(11-15(19)20-8-2)18-21-16(3,4)17(5,6)22-18/h9-10,13H,7-8,11H2,1-6H3. The van der Waals surface area contributed by atoms with E-state index in [9.17, 15) is 4.79 Å². The molecule has 128 valence electrons. The summed E-state index contributed by atoms with van der Waals surface area (Å²) in [5, 5.41) is 0. The van der Waals surface area contributed by atoms with Gasteiger partial charge in [-0.1, -0.05) is 6.92 Å². The molecule has 1 aliphatic rings. The number of rotatable bonds is 6. The Hall–Kier alpha value is -0.845. The molecule has 1 fully saturated rings. The van der Waals surface area contributed by atoms with Crippen LogP contribution in [-0.2, 0) is 25.3 Å². The summed E-state index contributed by atoms with van der Waals surface area (Å²) in [6.45, 7) is 12.5. The molecule has 0 aliphatic carbocycles. The second-order valence-corrected chi connectivity index (χ2v) is 8.10. The minimum absolute atomic E-state index is 0.139. The van der Waals surface area contributed by atoms with Gasteiger partial charge in [0.1, 0.15) is 0 Å². The number of ether oxygens (including phenoxy) is 1. The molecule has 4 nitrogen and oxygen atoms in total. The number of hydrogen-bond acceptors (Lipinski definition) is 5. The van der Waals surface area contributed by atoms with Gasteiger partial charge in [0.15, 0.2) is 0 Å². The first-order valence-electron chi connectivity index (χ1n) is 8.30. The van der Waals surface area contributed by atoms with Gasteiger partial charge in [-0.25, -0.2) is 0 Å². The van der Waals surface area contributed by atoms with E-state index in [2.05, 4.69) is 19.1 Å². The number of carbonyl (C=O) groups excluding carboxylic acids is 1. The van der Waals surface area contributed by atoms with Gasteiger partial charge in [-0.05, 0) is 53.2 Å². The molecule has 6 heteroatoms. The summed E-state index contributed by atoms with van der Waals surface area (Å²) < 4.78 is 17.5. The summed E-state index contributed by atoms with van der Waals surface area (Å²) in [5.41, 5.74) is -0.815. The summed E-state index contributed by atoms with van der Waals surface area (Å²) in [5.74, 6) is -0.348. The van der Waals surface area contributed by atoms with Crippen molar-refractivity contribution in [2.24, 2.45) is 0 Å². The molecule has 2 heterocycles. The van der Waals surface area contributed by atoms with Crippen LogP contribution in [0, 0.1) is 0 Å². The maximum atomic E-state index is 12.1. The van der Waals surface area contributed by atoms with Crippen molar-refractivity contribution in [3.8, 4) is 0 Å². The highest BCUT2D eigenvalue weighted by atomic mass is 32.1. The third-order valence-electron chi connectivity index (χ3n) is 4.69. The van der Waals surface area contributed by atoms with E-state index in [0.717, 1.165) is 11.3 Å². The zero-order valence-electron chi connectivity index (χ0n) is 15.0. The Morgan fingerprint density at radius 3 is 2.30 bits per heavy atom. The molecule has 0 N–H and O–H groups in total. The second kappa shape index (κ2) is 6.95. The van der Waals surface area contributed by atoms with E-state index in [1.54, 1.807) is 11.3 Å². The number of aryl methyl sites for hydroxylation is 1. The lowest BCUT2D eigenvalue weighted by Gasteiger charge is -2.32. The number of thiophene rings is 1. The number of esters is 1. The molecule has 1 aliphatic heterocycles. The van der Waals surface area contributed by atoms with E-state index in [1.807, 2.05) is 34.6 Å². The average molecular weight is 338 g/mol. The summed E-state index contributed by atoms with van der Waals surface area (Å²) in [6, 6.07) is 4.20. The van der Waals surface area contributed by atoms with Crippen LogP contribution in [0.3, 0.4) is 0 Å². The van der Waals surface area contributed by atoms with Gasteiger partial charge in [-0.2, -0.15) is 0 Å². The van der Waals surface area contributed by atoms with Crippen LogP contribution in [-0.4, -0.2) is 30.9 Å². The Morgan fingerprint density at radius 2 is 1.83 bits per heavy atom. The fourth-order valence-corrected chi connectivity index (χ4v) is 3.63. The average Bonchev–Trinajstić information content (AvgIpc) is 2.99. The number of hydrogen-bond donors (Lipinski definition) is 0. The summed E-state index contributed by atoms with van der Waals surface area (Å²) in [7, 11) is -0.437. The molecular formula is C17H27BO4S. The lowest BCUT2D eigenvalue weighted by Crippen LogP contribution is -2.41. The van der Waals surface area contributed by atoms with Gasteiger partial charge in [0.25, 0.3) is 0 Å². The molecule has 0 saturated carbocycles. The van der Waals surface area contributed by atoms with Gasteiger partial charge < -0.3 is 14.0 Å². The van der Waals surface area contributed by atoms with Crippen molar-refractivity contribution in [2.45, 2.75) is 71.4 Å². The van der Waals surface area contributed by atoms with E-state index >= 15 is 0 Å². The molecule has 1 aromatic rings. The van der Waals surface area contributed by atoms with E-state index in [1.165, 1.54) is 4.88 Å². The van der Waals surface area contributed by atoms with Gasteiger partial charge in [-0.15, -0.1) is 11.3 Å². The topological polar surface area (TPSA) is 44.8 Å². The van der Waals surface area contributed by atoms with Crippen molar-refractivity contribution in [1.29, 1.82) is 0 Å². The highest BCUT2D eigenvalue weighted by Gasteiger charge is 2.54. The van der Waals surface area contributed by atoms with Gasteiger partial charge >= 0.3 is 13.1 Å². The van der Waals surface area contributed by atoms with Crippen molar-refractivity contribution in [3.63, 3.8) is 0 Å².